The second-order valence-corrected chi connectivity index (χ2v) is 10.9. The van der Waals surface area contributed by atoms with Crippen LogP contribution in [0.4, 0.5) is 0 Å². The zero-order valence-corrected chi connectivity index (χ0v) is 21.1. The molecule has 2 saturated heterocycles. The quantitative estimate of drug-likeness (QED) is 0.608. The van der Waals surface area contributed by atoms with Crippen molar-refractivity contribution in [2.24, 2.45) is 5.92 Å². The molecule has 184 valence electrons. The zero-order chi connectivity index (χ0) is 23.8. The Balaban J connectivity index is 1.43. The second-order valence-electron chi connectivity index (χ2n) is 9.99. The van der Waals surface area contributed by atoms with E-state index in [1.165, 1.54) is 11.3 Å². The molecule has 0 aromatic carbocycles. The van der Waals surface area contributed by atoms with E-state index in [0.29, 0.717) is 44.8 Å². The lowest BCUT2D eigenvalue weighted by Gasteiger charge is -2.49. The van der Waals surface area contributed by atoms with E-state index in [2.05, 4.69) is 16.8 Å². The number of rotatable bonds is 3. The Morgan fingerprint density at radius 1 is 0.882 bits per heavy atom. The molecule has 3 amide bonds. The molecule has 3 aliphatic heterocycles. The molecule has 8 nitrogen and oxygen atoms in total. The molecule has 1 aromatic heterocycles. The molecule has 0 bridgehead atoms. The molecular formula is C25H35N5O3S. The molecule has 2 unspecified atom stereocenters. The second kappa shape index (κ2) is 9.70. The number of thiophene rings is 1. The summed E-state index contributed by atoms with van der Waals surface area (Å²) in [5, 5.41) is 1.93. The minimum absolute atomic E-state index is 0.0763. The highest BCUT2D eigenvalue weighted by molar-refractivity contribution is 7.12. The van der Waals surface area contributed by atoms with E-state index in [9.17, 15) is 14.4 Å². The molecule has 34 heavy (non-hydrogen) atoms. The largest absolute Gasteiger partial charge is 0.370 e. The van der Waals surface area contributed by atoms with Crippen LogP contribution in [0.1, 0.15) is 35.4 Å². The van der Waals surface area contributed by atoms with Gasteiger partial charge in [0.1, 0.15) is 5.57 Å². The van der Waals surface area contributed by atoms with Crippen LogP contribution >= 0.6 is 11.3 Å². The van der Waals surface area contributed by atoms with Crippen molar-refractivity contribution < 1.29 is 14.4 Å². The van der Waals surface area contributed by atoms with Gasteiger partial charge in [-0.1, -0.05) is 18.9 Å². The lowest BCUT2D eigenvalue weighted by Crippen LogP contribution is -2.58. The summed E-state index contributed by atoms with van der Waals surface area (Å²) in [6.45, 7) is 5.50. The maximum Gasteiger partial charge on any atom is 0.264 e. The van der Waals surface area contributed by atoms with Gasteiger partial charge in [-0.15, -0.1) is 11.3 Å². The van der Waals surface area contributed by atoms with Gasteiger partial charge < -0.3 is 24.5 Å². The highest BCUT2D eigenvalue weighted by Gasteiger charge is 2.46. The Hall–Kier alpha value is -2.39. The lowest BCUT2D eigenvalue weighted by molar-refractivity contribution is -0.138. The summed E-state index contributed by atoms with van der Waals surface area (Å²) in [6.07, 6.45) is 4.24. The van der Waals surface area contributed by atoms with E-state index >= 15 is 0 Å². The van der Waals surface area contributed by atoms with Gasteiger partial charge in [0.05, 0.1) is 4.88 Å². The van der Waals surface area contributed by atoms with Gasteiger partial charge in [0.25, 0.3) is 17.7 Å². The number of fused-ring (bicyclic) bond motifs is 1. The summed E-state index contributed by atoms with van der Waals surface area (Å²) >= 11 is 1.47. The Morgan fingerprint density at radius 3 is 2.21 bits per heavy atom. The third kappa shape index (κ3) is 4.24. The van der Waals surface area contributed by atoms with Crippen LogP contribution in [0.2, 0.25) is 0 Å². The van der Waals surface area contributed by atoms with Crippen LogP contribution < -0.4 is 0 Å². The van der Waals surface area contributed by atoms with Crippen molar-refractivity contribution in [2.75, 3.05) is 66.5 Å². The van der Waals surface area contributed by atoms with E-state index in [1.807, 2.05) is 39.3 Å². The SMILES string of the molecule is CN1CCN(C(=O)C2=C(N3CCN(C(=O)c4cccs4)CC3)C3CCCCC3N(C)C2=O)CC1. The normalized spacial score (nSPS) is 26.7. The van der Waals surface area contributed by atoms with Gasteiger partial charge >= 0.3 is 0 Å². The Bertz CT molecular complexity index is 961. The zero-order valence-electron chi connectivity index (χ0n) is 20.2. The van der Waals surface area contributed by atoms with Gasteiger partial charge in [-0.25, -0.2) is 0 Å². The molecule has 1 saturated carbocycles. The van der Waals surface area contributed by atoms with E-state index in [-0.39, 0.29) is 29.7 Å². The fourth-order valence-electron chi connectivity index (χ4n) is 5.98. The molecule has 0 radical (unpaired) electrons. The van der Waals surface area contributed by atoms with Crippen molar-refractivity contribution >= 4 is 29.1 Å². The Morgan fingerprint density at radius 2 is 1.53 bits per heavy atom. The number of amides is 3. The summed E-state index contributed by atoms with van der Waals surface area (Å²) in [5.41, 5.74) is 1.34. The number of hydrogen-bond acceptors (Lipinski definition) is 6. The number of hydrogen-bond donors (Lipinski definition) is 0. The highest BCUT2D eigenvalue weighted by atomic mass is 32.1. The van der Waals surface area contributed by atoms with Crippen LogP contribution in [0.5, 0.6) is 0 Å². The van der Waals surface area contributed by atoms with Crippen LogP contribution in [-0.2, 0) is 9.59 Å². The molecule has 0 spiro atoms. The highest BCUT2D eigenvalue weighted by Crippen LogP contribution is 2.41. The molecule has 9 heteroatoms. The molecule has 1 aromatic rings. The number of nitrogens with zero attached hydrogens (tertiary/aromatic N) is 5. The third-order valence-electron chi connectivity index (χ3n) is 8.01. The van der Waals surface area contributed by atoms with Gasteiger partial charge in [0.15, 0.2) is 0 Å². The fraction of sp³-hybridized carbons (Fsp3) is 0.640. The Kier molecular flexibility index (Phi) is 6.66. The van der Waals surface area contributed by atoms with Gasteiger partial charge in [-0.3, -0.25) is 14.4 Å². The number of piperazine rings is 2. The van der Waals surface area contributed by atoms with E-state index in [0.717, 1.165) is 49.3 Å². The van der Waals surface area contributed by atoms with E-state index in [1.54, 1.807) is 0 Å². The molecule has 1 aliphatic carbocycles. The van der Waals surface area contributed by atoms with Crippen molar-refractivity contribution in [2.45, 2.75) is 31.7 Å². The summed E-state index contributed by atoms with van der Waals surface area (Å²) < 4.78 is 0. The minimum Gasteiger partial charge on any atom is -0.370 e. The first-order valence-corrected chi connectivity index (χ1v) is 13.4. The molecule has 5 rings (SSSR count). The average Bonchev–Trinajstić information content (AvgIpc) is 3.41. The lowest BCUT2D eigenvalue weighted by atomic mass is 9.76. The predicted molar refractivity (Wildman–Crippen MR) is 131 cm³/mol. The molecule has 0 N–H and O–H groups in total. The smallest absolute Gasteiger partial charge is 0.264 e. The Labute approximate surface area is 205 Å². The van der Waals surface area contributed by atoms with Crippen LogP contribution in [0.15, 0.2) is 28.8 Å². The predicted octanol–water partition coefficient (Wildman–Crippen LogP) is 1.56. The van der Waals surface area contributed by atoms with Crippen molar-refractivity contribution in [3.05, 3.63) is 33.7 Å². The number of likely N-dealkylation sites (N-methyl/N-ethyl adjacent to an activating group) is 2. The van der Waals surface area contributed by atoms with Gasteiger partial charge in [-0.05, 0) is 31.3 Å². The molecule has 2 atom stereocenters. The van der Waals surface area contributed by atoms with Crippen molar-refractivity contribution in [1.82, 2.24) is 24.5 Å². The topological polar surface area (TPSA) is 67.4 Å². The molecule has 4 aliphatic rings. The molecule has 3 fully saturated rings. The van der Waals surface area contributed by atoms with Crippen molar-refractivity contribution in [1.29, 1.82) is 0 Å². The van der Waals surface area contributed by atoms with Crippen molar-refractivity contribution in [3.63, 3.8) is 0 Å². The third-order valence-corrected chi connectivity index (χ3v) is 8.87. The first-order chi connectivity index (χ1) is 16.5. The minimum atomic E-state index is -0.126. The maximum atomic E-state index is 13.8. The maximum absolute atomic E-state index is 13.8. The fourth-order valence-corrected chi connectivity index (χ4v) is 6.67. The van der Waals surface area contributed by atoms with Crippen LogP contribution in [0, 0.1) is 5.92 Å². The molecule has 4 heterocycles. The molecular weight excluding hydrogens is 450 g/mol. The van der Waals surface area contributed by atoms with Gasteiger partial charge in [0, 0.05) is 77.1 Å². The standard InChI is InChI=1S/C25H35N5O3S/c1-26-9-11-30(12-10-26)25(33)21-22(18-6-3-4-7-19(18)27(2)24(21)32)28-13-15-29(16-14-28)23(31)20-8-5-17-34-20/h5,8,17-19H,3-4,6-7,9-16H2,1-2H3. The summed E-state index contributed by atoms with van der Waals surface area (Å²) in [7, 11) is 3.94. The summed E-state index contributed by atoms with van der Waals surface area (Å²) in [5.74, 6) is 0.0370. The number of carbonyl (C=O) groups is 3. The van der Waals surface area contributed by atoms with Crippen LogP contribution in [0.3, 0.4) is 0 Å². The monoisotopic (exact) mass is 485 g/mol. The summed E-state index contributed by atoms with van der Waals surface area (Å²) in [4.78, 5) is 51.1. The first kappa shape index (κ1) is 23.4. The van der Waals surface area contributed by atoms with Crippen molar-refractivity contribution in [3.8, 4) is 0 Å². The van der Waals surface area contributed by atoms with E-state index < -0.39 is 0 Å². The summed E-state index contributed by atoms with van der Waals surface area (Å²) in [6, 6.07) is 3.94. The van der Waals surface area contributed by atoms with Gasteiger partial charge in [-0.2, -0.15) is 0 Å². The first-order valence-electron chi connectivity index (χ1n) is 12.5. The average molecular weight is 486 g/mol. The number of carbonyl (C=O) groups excluding carboxylic acids is 3. The van der Waals surface area contributed by atoms with Gasteiger partial charge in [0.2, 0.25) is 0 Å². The van der Waals surface area contributed by atoms with Crippen LogP contribution in [-0.4, -0.2) is 115 Å². The van der Waals surface area contributed by atoms with E-state index in [4.69, 9.17) is 0 Å². The van der Waals surface area contributed by atoms with Crippen LogP contribution in [0.25, 0.3) is 0 Å².